The Hall–Kier alpha value is -3.76. The minimum Gasteiger partial charge on any atom is -0.390 e. The standard InChI is InChI=1S/C35H49N5O5/c1-4-30(24(3)41)37-28-19-26(20-29(21-28)40-17-11-16-33(40)43)35(45)39-31(18-25-12-7-5-8-13-25)32(42)22-36-23(2)34(44)38-27-14-9-6-10-15-27/h5,7-8,12-13,19-21,23,27,30-32,36-37,42H,4,6,9-11,14-18,22H2,1-3H3,(H,38,44)(H,39,45)/t23-,30?,31-,32+/m0/s1. The summed E-state index contributed by atoms with van der Waals surface area (Å²) in [6.45, 7) is 5.86. The summed E-state index contributed by atoms with van der Waals surface area (Å²) < 4.78 is 0. The van der Waals surface area contributed by atoms with E-state index in [0.717, 1.165) is 37.7 Å². The number of aliphatic hydroxyl groups excluding tert-OH is 1. The first-order valence-corrected chi connectivity index (χ1v) is 16.4. The van der Waals surface area contributed by atoms with Gasteiger partial charge in [0.25, 0.3) is 5.91 Å². The van der Waals surface area contributed by atoms with Crippen molar-refractivity contribution in [3.05, 3.63) is 59.7 Å². The number of rotatable bonds is 15. The molecule has 10 heteroatoms. The molecule has 244 valence electrons. The van der Waals surface area contributed by atoms with Crippen LogP contribution >= 0.6 is 0 Å². The number of aliphatic hydroxyl groups is 1. The third-order valence-corrected chi connectivity index (χ3v) is 8.86. The first-order chi connectivity index (χ1) is 21.6. The normalized spacial score (nSPS) is 18.1. The molecule has 0 bridgehead atoms. The van der Waals surface area contributed by atoms with Gasteiger partial charge in [-0.2, -0.15) is 0 Å². The van der Waals surface area contributed by atoms with E-state index < -0.39 is 30.1 Å². The molecule has 10 nitrogen and oxygen atoms in total. The average molecular weight is 620 g/mol. The zero-order chi connectivity index (χ0) is 32.3. The molecule has 1 aliphatic carbocycles. The highest BCUT2D eigenvalue weighted by Crippen LogP contribution is 2.27. The highest BCUT2D eigenvalue weighted by Gasteiger charge is 2.27. The van der Waals surface area contributed by atoms with Gasteiger partial charge in [0.05, 0.1) is 24.2 Å². The van der Waals surface area contributed by atoms with Crippen LogP contribution < -0.4 is 26.2 Å². The highest BCUT2D eigenvalue weighted by molar-refractivity contribution is 6.00. The number of ketones is 1. The highest BCUT2D eigenvalue weighted by atomic mass is 16.3. The molecule has 1 aliphatic heterocycles. The van der Waals surface area contributed by atoms with Crippen LogP contribution in [-0.2, 0) is 20.8 Å². The van der Waals surface area contributed by atoms with Crippen LogP contribution in [-0.4, -0.2) is 72.0 Å². The van der Waals surface area contributed by atoms with E-state index in [9.17, 15) is 24.3 Å². The van der Waals surface area contributed by atoms with Gasteiger partial charge in [-0.1, -0.05) is 56.5 Å². The number of carbonyl (C=O) groups is 4. The molecule has 4 rings (SSSR count). The van der Waals surface area contributed by atoms with Gasteiger partial charge in [0, 0.05) is 42.5 Å². The molecule has 0 aromatic heterocycles. The Morgan fingerprint density at radius 3 is 2.40 bits per heavy atom. The fourth-order valence-electron chi connectivity index (χ4n) is 6.10. The second kappa shape index (κ2) is 16.5. The van der Waals surface area contributed by atoms with Gasteiger partial charge in [0.15, 0.2) is 5.78 Å². The van der Waals surface area contributed by atoms with Crippen molar-refractivity contribution in [2.24, 2.45) is 0 Å². The molecule has 1 unspecified atom stereocenters. The Morgan fingerprint density at radius 1 is 1.02 bits per heavy atom. The van der Waals surface area contributed by atoms with Gasteiger partial charge in [-0.3, -0.25) is 19.2 Å². The van der Waals surface area contributed by atoms with Crippen LogP contribution in [0.1, 0.15) is 88.1 Å². The largest absolute Gasteiger partial charge is 0.390 e. The van der Waals surface area contributed by atoms with E-state index in [1.165, 1.54) is 13.3 Å². The molecule has 1 saturated heterocycles. The van der Waals surface area contributed by atoms with Crippen molar-refractivity contribution in [1.29, 1.82) is 0 Å². The molecule has 2 fully saturated rings. The van der Waals surface area contributed by atoms with Crippen molar-refractivity contribution in [2.45, 2.75) is 109 Å². The Morgan fingerprint density at radius 2 is 1.76 bits per heavy atom. The van der Waals surface area contributed by atoms with E-state index in [1.807, 2.05) is 37.3 Å². The summed E-state index contributed by atoms with van der Waals surface area (Å²) in [6.07, 6.45) is 6.55. The Bertz CT molecular complexity index is 1310. The number of hydrogen-bond donors (Lipinski definition) is 5. The monoisotopic (exact) mass is 619 g/mol. The molecule has 2 aromatic carbocycles. The predicted octanol–water partition coefficient (Wildman–Crippen LogP) is 3.72. The summed E-state index contributed by atoms with van der Waals surface area (Å²) in [4.78, 5) is 53.0. The molecule has 4 atom stereocenters. The first-order valence-electron chi connectivity index (χ1n) is 16.4. The molecular formula is C35H49N5O5. The van der Waals surface area contributed by atoms with Gasteiger partial charge in [-0.05, 0) is 69.7 Å². The number of amides is 3. The van der Waals surface area contributed by atoms with E-state index in [0.29, 0.717) is 42.7 Å². The molecular weight excluding hydrogens is 570 g/mol. The van der Waals surface area contributed by atoms with Gasteiger partial charge in [0.1, 0.15) is 0 Å². The van der Waals surface area contributed by atoms with Crippen LogP contribution in [0.3, 0.4) is 0 Å². The SMILES string of the molecule is CCC(Nc1cc(C(=O)N[C@@H](Cc2ccccc2)[C@H](O)CN[C@@H](C)C(=O)NC2CCCCC2)cc(N2CCCC2=O)c1)C(C)=O. The number of anilines is 2. The number of nitrogens with one attached hydrogen (secondary N) is 4. The second-order valence-electron chi connectivity index (χ2n) is 12.4. The third-order valence-electron chi connectivity index (χ3n) is 8.86. The Kier molecular flexibility index (Phi) is 12.5. The Balaban J connectivity index is 1.51. The lowest BCUT2D eigenvalue weighted by Gasteiger charge is -2.28. The van der Waals surface area contributed by atoms with E-state index >= 15 is 0 Å². The molecule has 5 N–H and O–H groups in total. The van der Waals surface area contributed by atoms with Crippen molar-refractivity contribution < 1.29 is 24.3 Å². The summed E-state index contributed by atoms with van der Waals surface area (Å²) in [6, 6.07) is 13.3. The molecule has 1 heterocycles. The first kappa shape index (κ1) is 34.1. The van der Waals surface area contributed by atoms with Gasteiger partial charge in [0.2, 0.25) is 11.8 Å². The third kappa shape index (κ3) is 9.86. The zero-order valence-electron chi connectivity index (χ0n) is 26.8. The van der Waals surface area contributed by atoms with E-state index in [1.54, 1.807) is 30.0 Å². The number of nitrogens with zero attached hydrogens (tertiary/aromatic N) is 1. The molecule has 2 aromatic rings. The molecule has 0 spiro atoms. The molecule has 1 saturated carbocycles. The maximum atomic E-state index is 13.8. The summed E-state index contributed by atoms with van der Waals surface area (Å²) in [5.41, 5.74) is 2.41. The maximum Gasteiger partial charge on any atom is 0.251 e. The van der Waals surface area contributed by atoms with Crippen molar-refractivity contribution in [1.82, 2.24) is 16.0 Å². The second-order valence-corrected chi connectivity index (χ2v) is 12.4. The van der Waals surface area contributed by atoms with Crippen molar-refractivity contribution in [3.63, 3.8) is 0 Å². The molecule has 2 aliphatic rings. The fraction of sp³-hybridized carbons (Fsp3) is 0.543. The van der Waals surface area contributed by atoms with E-state index in [2.05, 4.69) is 21.3 Å². The molecule has 3 amide bonds. The molecule has 45 heavy (non-hydrogen) atoms. The van der Waals surface area contributed by atoms with Crippen molar-refractivity contribution >= 4 is 34.9 Å². The lowest BCUT2D eigenvalue weighted by atomic mass is 9.95. The van der Waals surface area contributed by atoms with Crippen LogP contribution in [0.2, 0.25) is 0 Å². The van der Waals surface area contributed by atoms with E-state index in [-0.39, 0.29) is 30.2 Å². The van der Waals surface area contributed by atoms with Gasteiger partial charge >= 0.3 is 0 Å². The van der Waals surface area contributed by atoms with Gasteiger partial charge < -0.3 is 31.3 Å². The number of carbonyl (C=O) groups excluding carboxylic acids is 4. The van der Waals surface area contributed by atoms with Crippen molar-refractivity contribution in [2.75, 3.05) is 23.3 Å². The van der Waals surface area contributed by atoms with Gasteiger partial charge in [-0.15, -0.1) is 0 Å². The van der Waals surface area contributed by atoms with E-state index in [4.69, 9.17) is 0 Å². The Labute approximate surface area is 266 Å². The van der Waals surface area contributed by atoms with Crippen molar-refractivity contribution in [3.8, 4) is 0 Å². The number of Topliss-reactive ketones (excluding diaryl/α,β-unsaturated/α-hetero) is 1. The van der Waals surface area contributed by atoms with Gasteiger partial charge in [-0.25, -0.2) is 0 Å². The lowest BCUT2D eigenvalue weighted by molar-refractivity contribution is -0.124. The van der Waals surface area contributed by atoms with Crippen LogP contribution in [0.15, 0.2) is 48.5 Å². The average Bonchev–Trinajstić information content (AvgIpc) is 3.48. The smallest absolute Gasteiger partial charge is 0.251 e. The van der Waals surface area contributed by atoms with Crippen LogP contribution in [0, 0.1) is 0 Å². The van der Waals surface area contributed by atoms with Crippen LogP contribution in [0.25, 0.3) is 0 Å². The molecule has 0 radical (unpaired) electrons. The summed E-state index contributed by atoms with van der Waals surface area (Å²) in [5, 5.41) is 23.8. The topological polar surface area (TPSA) is 140 Å². The number of hydrogen-bond acceptors (Lipinski definition) is 7. The maximum absolute atomic E-state index is 13.8. The number of benzene rings is 2. The lowest BCUT2D eigenvalue weighted by Crippen LogP contribution is -2.53. The van der Waals surface area contributed by atoms with Crippen LogP contribution in [0.4, 0.5) is 11.4 Å². The minimum atomic E-state index is -0.998. The summed E-state index contributed by atoms with van der Waals surface area (Å²) >= 11 is 0. The summed E-state index contributed by atoms with van der Waals surface area (Å²) in [5.74, 6) is -0.541. The zero-order valence-corrected chi connectivity index (χ0v) is 26.8. The summed E-state index contributed by atoms with van der Waals surface area (Å²) in [7, 11) is 0. The van der Waals surface area contributed by atoms with Crippen LogP contribution in [0.5, 0.6) is 0 Å². The minimum absolute atomic E-state index is 0.0118. The quantitative estimate of drug-likeness (QED) is 0.205. The predicted molar refractivity (Wildman–Crippen MR) is 176 cm³/mol. The fourth-order valence-corrected chi connectivity index (χ4v) is 6.10.